The first-order valence-corrected chi connectivity index (χ1v) is 9.97. The predicted octanol–water partition coefficient (Wildman–Crippen LogP) is 1.42. The number of amides is 2. The molecule has 1 saturated heterocycles. The smallest absolute Gasteiger partial charge is 0.271 e. The van der Waals surface area contributed by atoms with E-state index in [4.69, 9.17) is 4.52 Å². The van der Waals surface area contributed by atoms with Crippen LogP contribution in [0.2, 0.25) is 0 Å². The van der Waals surface area contributed by atoms with E-state index in [0.29, 0.717) is 36.9 Å². The van der Waals surface area contributed by atoms with Gasteiger partial charge in [0.1, 0.15) is 5.69 Å². The summed E-state index contributed by atoms with van der Waals surface area (Å²) < 4.78 is 5.56. The van der Waals surface area contributed by atoms with Gasteiger partial charge in [-0.3, -0.25) is 14.6 Å². The highest BCUT2D eigenvalue weighted by atomic mass is 16.5. The van der Waals surface area contributed by atoms with Crippen LogP contribution >= 0.6 is 0 Å². The van der Waals surface area contributed by atoms with Gasteiger partial charge in [-0.2, -0.15) is 4.98 Å². The number of carbonyl (C=O) groups excluding carboxylic acids is 2. The lowest BCUT2D eigenvalue weighted by atomic mass is 9.80. The molecule has 1 saturated carbocycles. The number of aromatic nitrogens is 4. The summed E-state index contributed by atoms with van der Waals surface area (Å²) in [5, 5.41) is 7.04. The second-order valence-electron chi connectivity index (χ2n) is 8.53. The number of aryl methyl sites for hydroxylation is 2. The molecule has 4 rings (SSSR count). The van der Waals surface area contributed by atoms with Crippen molar-refractivity contribution >= 4 is 11.8 Å². The number of nitrogens with zero attached hydrogens (tertiary/aromatic N) is 5. The summed E-state index contributed by atoms with van der Waals surface area (Å²) in [4.78, 5) is 39.9. The number of hydrogen-bond acceptors (Lipinski definition) is 7. The van der Waals surface area contributed by atoms with Gasteiger partial charge in [0.15, 0.2) is 5.82 Å². The first-order chi connectivity index (χ1) is 13.8. The highest BCUT2D eigenvalue weighted by Gasteiger charge is 2.58. The van der Waals surface area contributed by atoms with Gasteiger partial charge >= 0.3 is 0 Å². The van der Waals surface area contributed by atoms with Crippen molar-refractivity contribution in [3.8, 4) is 0 Å². The first kappa shape index (κ1) is 19.5. The van der Waals surface area contributed by atoms with E-state index in [2.05, 4.69) is 25.4 Å². The molecule has 1 aliphatic carbocycles. The Morgan fingerprint density at radius 2 is 2.07 bits per heavy atom. The van der Waals surface area contributed by atoms with Gasteiger partial charge in [-0.05, 0) is 32.6 Å². The standard InChI is InChI=1S/C20H26N6O3/c1-11(2)18(28)26-9-14-5-15(24-17(27)16-8-21-12(3)7-22-16)6-20(14,10-26)19-23-13(4)25-29-19/h7-8,11,14-15H,5-6,9-10H2,1-4H3,(H,24,27)/t14?,15-,20+/m1/s1. The summed E-state index contributed by atoms with van der Waals surface area (Å²) >= 11 is 0. The molecule has 3 heterocycles. The molecule has 1 aliphatic heterocycles. The molecule has 0 spiro atoms. The largest absolute Gasteiger partial charge is 0.348 e. The zero-order valence-corrected chi connectivity index (χ0v) is 17.2. The average molecular weight is 398 g/mol. The molecule has 2 aromatic heterocycles. The fraction of sp³-hybridized carbons (Fsp3) is 0.600. The minimum absolute atomic E-state index is 0.0564. The van der Waals surface area contributed by atoms with Crippen LogP contribution in [0.1, 0.15) is 54.6 Å². The molecule has 2 aromatic rings. The van der Waals surface area contributed by atoms with Crippen molar-refractivity contribution < 1.29 is 14.1 Å². The Morgan fingerprint density at radius 3 is 2.69 bits per heavy atom. The summed E-state index contributed by atoms with van der Waals surface area (Å²) in [5.41, 5.74) is 0.632. The fourth-order valence-corrected chi connectivity index (χ4v) is 4.61. The van der Waals surface area contributed by atoms with Gasteiger partial charge in [0.2, 0.25) is 11.8 Å². The third-order valence-electron chi connectivity index (χ3n) is 5.98. The monoisotopic (exact) mass is 398 g/mol. The van der Waals surface area contributed by atoms with E-state index in [1.807, 2.05) is 25.7 Å². The molecule has 29 heavy (non-hydrogen) atoms. The summed E-state index contributed by atoms with van der Waals surface area (Å²) in [7, 11) is 0. The SMILES string of the molecule is Cc1cnc(C(=O)N[C@@H]2CC3CN(C(=O)C(C)C)C[C@@]3(c3nc(C)no3)C2)cn1. The van der Waals surface area contributed by atoms with Gasteiger partial charge in [-0.15, -0.1) is 0 Å². The third kappa shape index (κ3) is 3.49. The Morgan fingerprint density at radius 1 is 1.28 bits per heavy atom. The van der Waals surface area contributed by atoms with Gasteiger partial charge in [0.05, 0.1) is 17.3 Å². The molecule has 3 atom stereocenters. The van der Waals surface area contributed by atoms with Gasteiger partial charge in [0, 0.05) is 31.2 Å². The normalized spacial score (nSPS) is 26.0. The molecule has 9 heteroatoms. The van der Waals surface area contributed by atoms with E-state index in [1.165, 1.54) is 6.20 Å². The van der Waals surface area contributed by atoms with Crippen molar-refractivity contribution in [3.63, 3.8) is 0 Å². The van der Waals surface area contributed by atoms with Crippen LogP contribution < -0.4 is 5.32 Å². The fourth-order valence-electron chi connectivity index (χ4n) is 4.61. The van der Waals surface area contributed by atoms with Crippen LogP contribution in [-0.4, -0.2) is 56.0 Å². The maximum absolute atomic E-state index is 12.6. The number of carbonyl (C=O) groups is 2. The molecular weight excluding hydrogens is 372 g/mol. The highest BCUT2D eigenvalue weighted by Crippen LogP contribution is 2.50. The number of rotatable bonds is 4. The van der Waals surface area contributed by atoms with Crippen molar-refractivity contribution in [3.05, 3.63) is 35.5 Å². The number of likely N-dealkylation sites (tertiary alicyclic amines) is 1. The average Bonchev–Trinajstić information content (AvgIpc) is 3.34. The van der Waals surface area contributed by atoms with Crippen LogP contribution in [0.5, 0.6) is 0 Å². The van der Waals surface area contributed by atoms with E-state index < -0.39 is 5.41 Å². The lowest BCUT2D eigenvalue weighted by Gasteiger charge is -2.26. The van der Waals surface area contributed by atoms with Crippen LogP contribution in [0.3, 0.4) is 0 Å². The minimum Gasteiger partial charge on any atom is -0.348 e. The third-order valence-corrected chi connectivity index (χ3v) is 5.98. The molecule has 0 radical (unpaired) electrons. The zero-order valence-electron chi connectivity index (χ0n) is 17.2. The topological polar surface area (TPSA) is 114 Å². The molecule has 1 unspecified atom stereocenters. The molecular formula is C20H26N6O3. The minimum atomic E-state index is -0.428. The predicted molar refractivity (Wildman–Crippen MR) is 103 cm³/mol. The van der Waals surface area contributed by atoms with Crippen LogP contribution in [0.4, 0.5) is 0 Å². The summed E-state index contributed by atoms with van der Waals surface area (Å²) in [5.74, 6) is 1.11. The second-order valence-corrected chi connectivity index (χ2v) is 8.53. The summed E-state index contributed by atoms with van der Waals surface area (Å²) in [6, 6.07) is -0.0564. The van der Waals surface area contributed by atoms with Crippen LogP contribution in [0.25, 0.3) is 0 Å². The quantitative estimate of drug-likeness (QED) is 0.828. The molecule has 0 bridgehead atoms. The van der Waals surface area contributed by atoms with Crippen molar-refractivity contribution in [2.24, 2.45) is 11.8 Å². The molecule has 9 nitrogen and oxygen atoms in total. The van der Waals surface area contributed by atoms with E-state index in [0.717, 1.165) is 12.1 Å². The Labute approximate surface area is 169 Å². The lowest BCUT2D eigenvalue weighted by molar-refractivity contribution is -0.133. The molecule has 2 aliphatic rings. The van der Waals surface area contributed by atoms with Gasteiger partial charge in [-0.1, -0.05) is 19.0 Å². The first-order valence-electron chi connectivity index (χ1n) is 9.97. The van der Waals surface area contributed by atoms with Crippen molar-refractivity contribution in [2.75, 3.05) is 13.1 Å². The van der Waals surface area contributed by atoms with Crippen LogP contribution in [-0.2, 0) is 10.2 Å². The molecule has 2 fully saturated rings. The maximum atomic E-state index is 12.6. The number of fused-ring (bicyclic) bond motifs is 1. The van der Waals surface area contributed by atoms with Gasteiger partial charge in [-0.25, -0.2) is 4.98 Å². The molecule has 2 amide bonds. The van der Waals surface area contributed by atoms with E-state index in [1.54, 1.807) is 13.1 Å². The Bertz CT molecular complexity index is 925. The Hall–Kier alpha value is -2.84. The second kappa shape index (κ2) is 7.20. The van der Waals surface area contributed by atoms with Gasteiger partial charge < -0.3 is 14.7 Å². The zero-order chi connectivity index (χ0) is 20.8. The maximum Gasteiger partial charge on any atom is 0.271 e. The lowest BCUT2D eigenvalue weighted by Crippen LogP contribution is -2.40. The number of nitrogens with one attached hydrogen (secondary N) is 1. The van der Waals surface area contributed by atoms with Crippen molar-refractivity contribution in [1.82, 2.24) is 30.3 Å². The summed E-state index contributed by atoms with van der Waals surface area (Å²) in [6.07, 6.45) is 4.46. The van der Waals surface area contributed by atoms with Crippen LogP contribution in [0, 0.1) is 25.7 Å². The van der Waals surface area contributed by atoms with E-state index in [9.17, 15) is 9.59 Å². The Kier molecular flexibility index (Phi) is 4.84. The number of hydrogen-bond donors (Lipinski definition) is 1. The summed E-state index contributed by atoms with van der Waals surface area (Å²) in [6.45, 7) is 8.60. The highest BCUT2D eigenvalue weighted by molar-refractivity contribution is 5.92. The van der Waals surface area contributed by atoms with Crippen molar-refractivity contribution in [2.45, 2.75) is 52.0 Å². The van der Waals surface area contributed by atoms with E-state index >= 15 is 0 Å². The van der Waals surface area contributed by atoms with Crippen LogP contribution in [0.15, 0.2) is 16.9 Å². The van der Waals surface area contributed by atoms with Gasteiger partial charge in [0.25, 0.3) is 5.91 Å². The molecule has 154 valence electrons. The van der Waals surface area contributed by atoms with E-state index in [-0.39, 0.29) is 29.7 Å². The van der Waals surface area contributed by atoms with Crippen molar-refractivity contribution in [1.29, 1.82) is 0 Å². The Balaban J connectivity index is 1.55. The molecule has 1 N–H and O–H groups in total. The molecule has 0 aromatic carbocycles.